The molecular weight excluding hydrogens is 534 g/mol. The summed E-state index contributed by atoms with van der Waals surface area (Å²) in [5.41, 5.74) is 6.84. The first-order chi connectivity index (χ1) is 17.9. The first-order valence-electron chi connectivity index (χ1n) is 14.5. The van der Waals surface area contributed by atoms with Gasteiger partial charge in [0.2, 0.25) is 8.32 Å². The van der Waals surface area contributed by atoms with Gasteiger partial charge in [-0.3, -0.25) is 4.79 Å². The molecule has 0 spiro atoms. The highest BCUT2D eigenvalue weighted by atomic mass is 28.4. The Hall–Kier alpha value is -1.21. The van der Waals surface area contributed by atoms with Crippen LogP contribution in [-0.4, -0.2) is 47.3 Å². The smallest absolute Gasteiger partial charge is 0.361 e. The highest BCUT2D eigenvalue weighted by molar-refractivity contribution is 6.78. The molecule has 0 saturated carbocycles. The van der Waals surface area contributed by atoms with Crippen LogP contribution in [0.15, 0.2) is 24.5 Å². The second kappa shape index (κ2) is 12.8. The molecule has 39 heavy (non-hydrogen) atoms. The average Bonchev–Trinajstić information content (AvgIpc) is 3.05. The fourth-order valence-electron chi connectivity index (χ4n) is 7.41. The van der Waals surface area contributed by atoms with Crippen molar-refractivity contribution in [3.8, 4) is 0 Å². The Bertz CT molecular complexity index is 929. The molecule has 2 heterocycles. The van der Waals surface area contributed by atoms with E-state index in [-0.39, 0.29) is 28.8 Å². The Kier molecular flexibility index (Phi) is 11.1. The molecule has 1 aromatic rings. The van der Waals surface area contributed by atoms with Gasteiger partial charge in [-0.15, -0.1) is 0 Å². The van der Waals surface area contributed by atoms with Gasteiger partial charge in [-0.1, -0.05) is 83.1 Å². The maximum atomic E-state index is 16.5. The molecule has 2 rings (SSSR count). The molecule has 2 N–H and O–H groups in total. The number of alkyl halides is 2. The van der Waals surface area contributed by atoms with Crippen LogP contribution in [0.2, 0.25) is 33.2 Å². The number of nitrogens with two attached hydrogens (primary N) is 1. The number of hydrogen-bond acceptors (Lipinski definition) is 4. The van der Waals surface area contributed by atoms with Crippen LogP contribution in [-0.2, 0) is 13.6 Å². The number of nitrogens with zero attached hydrogens (tertiary/aromatic N) is 1. The van der Waals surface area contributed by atoms with E-state index in [1.807, 2.05) is 0 Å². The zero-order valence-electron chi connectivity index (χ0n) is 26.1. The van der Waals surface area contributed by atoms with E-state index in [9.17, 15) is 4.79 Å². The van der Waals surface area contributed by atoms with Gasteiger partial charge in [-0.05, 0) is 39.3 Å². The van der Waals surface area contributed by atoms with Gasteiger partial charge in [0.15, 0.2) is 20.7 Å². The average molecular weight is 588 g/mol. The van der Waals surface area contributed by atoms with Crippen LogP contribution >= 0.6 is 0 Å². The van der Waals surface area contributed by atoms with E-state index < -0.39 is 46.9 Å². The van der Waals surface area contributed by atoms with Gasteiger partial charge < -0.3 is 19.3 Å². The molecule has 10 heteroatoms. The fraction of sp³-hybridized carbons (Fsp3) is 0.793. The van der Waals surface area contributed by atoms with Crippen LogP contribution in [0, 0.1) is 0 Å². The molecule has 1 aliphatic rings. The summed E-state index contributed by atoms with van der Waals surface area (Å²) in [6.45, 7) is 25.6. The summed E-state index contributed by atoms with van der Waals surface area (Å²) in [4.78, 5) is 11.8. The molecule has 0 radical (unpaired) electrons. The molecule has 224 valence electrons. The van der Waals surface area contributed by atoms with Gasteiger partial charge in [0.05, 0.1) is 6.61 Å². The number of rotatable bonds is 13. The molecule has 1 fully saturated rings. The van der Waals surface area contributed by atoms with Crippen LogP contribution in [0.3, 0.4) is 0 Å². The Labute approximate surface area is 237 Å². The minimum absolute atomic E-state index is 0.0341. The quantitative estimate of drug-likeness (QED) is 0.193. The van der Waals surface area contributed by atoms with E-state index in [0.29, 0.717) is 16.6 Å². The Morgan fingerprint density at radius 2 is 1.38 bits per heavy atom. The largest absolute Gasteiger partial charge is 0.413 e. The molecule has 0 aliphatic carbocycles. The van der Waals surface area contributed by atoms with Crippen LogP contribution in [0.5, 0.6) is 0 Å². The Morgan fingerprint density at radius 3 is 1.79 bits per heavy atom. The number of carbonyl (C=O) groups excluding carboxylic acids is 1. The monoisotopic (exact) mass is 587 g/mol. The third kappa shape index (κ3) is 6.34. The second-order valence-electron chi connectivity index (χ2n) is 13.1. The van der Waals surface area contributed by atoms with Crippen molar-refractivity contribution in [2.45, 2.75) is 141 Å². The third-order valence-corrected chi connectivity index (χ3v) is 21.1. The first kappa shape index (κ1) is 34.0. The van der Waals surface area contributed by atoms with Crippen LogP contribution < -0.4 is 10.3 Å². The van der Waals surface area contributed by atoms with Crippen molar-refractivity contribution >= 4 is 22.5 Å². The molecule has 1 amide bonds. The molecule has 3 atom stereocenters. The number of amides is 1. The lowest BCUT2D eigenvalue weighted by Crippen LogP contribution is -2.58. The fourth-order valence-corrected chi connectivity index (χ4v) is 18.4. The molecule has 1 saturated heterocycles. The SMILES string of the molecule is CC(C)[Si](OC[C@H]1OC([n+]2cccc(C(N)=O)c2)C(F)(F)[C@@H]1O[Si](C(C)C)(C(C)C)C(C)C)(C(C)C)C(C)C. The number of aromatic nitrogens is 1. The highest BCUT2D eigenvalue weighted by Crippen LogP contribution is 2.50. The number of hydrogen-bond donors (Lipinski definition) is 1. The molecule has 1 aromatic heterocycles. The molecule has 6 nitrogen and oxygen atoms in total. The number of ether oxygens (including phenoxy) is 1. The lowest BCUT2D eigenvalue weighted by molar-refractivity contribution is -0.775. The maximum Gasteiger partial charge on any atom is 0.361 e. The van der Waals surface area contributed by atoms with Gasteiger partial charge in [0.1, 0.15) is 17.8 Å². The van der Waals surface area contributed by atoms with Crippen molar-refractivity contribution < 1.29 is 31.7 Å². The minimum Gasteiger partial charge on any atom is -0.413 e. The van der Waals surface area contributed by atoms with E-state index in [1.54, 1.807) is 0 Å². The van der Waals surface area contributed by atoms with Crippen LogP contribution in [0.1, 0.15) is 99.7 Å². The molecule has 0 bridgehead atoms. The summed E-state index contributed by atoms with van der Waals surface area (Å²) < 4.78 is 54.1. The summed E-state index contributed by atoms with van der Waals surface area (Å²) in [6, 6.07) is 3.03. The molecular formula is C29H53F2N2O4Si2+. The summed E-state index contributed by atoms with van der Waals surface area (Å²) in [7, 11) is -5.07. The topological polar surface area (TPSA) is 74.7 Å². The maximum absolute atomic E-state index is 16.5. The van der Waals surface area contributed by atoms with Gasteiger partial charge in [-0.25, -0.2) is 0 Å². The van der Waals surface area contributed by atoms with E-state index in [2.05, 4.69) is 83.1 Å². The second-order valence-corrected chi connectivity index (χ2v) is 24.0. The zero-order chi connectivity index (χ0) is 30.1. The van der Waals surface area contributed by atoms with Crippen molar-refractivity contribution in [3.05, 3.63) is 30.1 Å². The van der Waals surface area contributed by atoms with Gasteiger partial charge in [-0.2, -0.15) is 13.3 Å². The predicted octanol–water partition coefficient (Wildman–Crippen LogP) is 7.36. The molecule has 0 aromatic carbocycles. The van der Waals surface area contributed by atoms with Crippen LogP contribution in [0.4, 0.5) is 8.78 Å². The zero-order valence-corrected chi connectivity index (χ0v) is 28.1. The third-order valence-electron chi connectivity index (χ3n) is 8.97. The van der Waals surface area contributed by atoms with E-state index in [4.69, 9.17) is 19.3 Å². The number of pyridine rings is 1. The number of primary amides is 1. The normalized spacial score (nSPS) is 22.3. The standard InChI is InChI=1S/C29H52F2N2O4Si2/c1-18(2)38(19(3)4,20(5)6)35-17-25-26(37-39(21(7)8,22(9)10)23(11)12)29(30,31)28(36-25)33-15-13-14-24(16-33)27(32)34/h13-16,18-23,25-26,28H,17H2,1-12H3,(H-,32,34)/p+1/t25-,26-,28?/m1/s1. The summed E-state index contributed by atoms with van der Waals surface area (Å²) in [5.74, 6) is -4.06. The van der Waals surface area contributed by atoms with Crippen molar-refractivity contribution in [1.29, 1.82) is 0 Å². The van der Waals surface area contributed by atoms with E-state index in [0.717, 1.165) is 0 Å². The first-order valence-corrected chi connectivity index (χ1v) is 18.8. The lowest BCUT2D eigenvalue weighted by Gasteiger charge is -2.46. The van der Waals surface area contributed by atoms with Gasteiger partial charge >= 0.3 is 12.2 Å². The Morgan fingerprint density at radius 1 is 0.923 bits per heavy atom. The van der Waals surface area contributed by atoms with Crippen molar-refractivity contribution in [2.75, 3.05) is 6.61 Å². The molecule has 1 unspecified atom stereocenters. The molecule has 1 aliphatic heterocycles. The number of carbonyl (C=O) groups is 1. The van der Waals surface area contributed by atoms with Crippen molar-refractivity contribution in [2.24, 2.45) is 5.73 Å². The van der Waals surface area contributed by atoms with Crippen LogP contribution in [0.25, 0.3) is 0 Å². The van der Waals surface area contributed by atoms with Gasteiger partial charge in [0.25, 0.3) is 5.91 Å². The summed E-state index contributed by atoms with van der Waals surface area (Å²) >= 11 is 0. The van der Waals surface area contributed by atoms with Crippen molar-refractivity contribution in [3.63, 3.8) is 0 Å². The van der Waals surface area contributed by atoms with E-state index in [1.165, 1.54) is 29.1 Å². The lowest BCUT2D eigenvalue weighted by atomic mass is 10.1. The van der Waals surface area contributed by atoms with Gasteiger partial charge in [0, 0.05) is 6.07 Å². The van der Waals surface area contributed by atoms with E-state index >= 15 is 8.78 Å². The van der Waals surface area contributed by atoms with Crippen molar-refractivity contribution in [1.82, 2.24) is 0 Å². The minimum atomic E-state index is -3.37. The highest BCUT2D eigenvalue weighted by Gasteiger charge is 2.67. The Balaban J connectivity index is 2.63. The predicted molar refractivity (Wildman–Crippen MR) is 157 cm³/mol. The summed E-state index contributed by atoms with van der Waals surface area (Å²) in [5, 5.41) is 0. The number of halogens is 2. The summed E-state index contributed by atoms with van der Waals surface area (Å²) in [6.07, 6.45) is -1.29.